The van der Waals surface area contributed by atoms with Gasteiger partial charge in [-0.2, -0.15) is 5.10 Å². The van der Waals surface area contributed by atoms with Crippen molar-refractivity contribution in [2.45, 2.75) is 20.8 Å². The highest BCUT2D eigenvalue weighted by Crippen LogP contribution is 2.27. The first-order chi connectivity index (χ1) is 15.5. The van der Waals surface area contributed by atoms with Gasteiger partial charge in [-0.15, -0.1) is 0 Å². The van der Waals surface area contributed by atoms with Gasteiger partial charge >= 0.3 is 0 Å². The van der Waals surface area contributed by atoms with Gasteiger partial charge in [0.25, 0.3) is 5.91 Å². The smallest absolute Gasteiger partial charge is 0.254 e. The van der Waals surface area contributed by atoms with E-state index in [2.05, 4.69) is 48.2 Å². The van der Waals surface area contributed by atoms with Gasteiger partial charge in [0.15, 0.2) is 5.65 Å². The number of hydrogen-bond donors (Lipinski definition) is 0. The van der Waals surface area contributed by atoms with Crippen LogP contribution in [0.2, 0.25) is 0 Å². The number of fused-ring (bicyclic) bond motifs is 1. The third-order valence-corrected chi connectivity index (χ3v) is 6.14. The zero-order chi connectivity index (χ0) is 22.2. The Balaban J connectivity index is 1.47. The molecule has 6 heteroatoms. The molecule has 6 nitrogen and oxygen atoms in total. The summed E-state index contributed by atoms with van der Waals surface area (Å²) in [7, 11) is 0. The van der Waals surface area contributed by atoms with E-state index in [4.69, 9.17) is 10.1 Å². The Morgan fingerprint density at radius 3 is 2.22 bits per heavy atom. The Morgan fingerprint density at radius 2 is 1.53 bits per heavy atom. The lowest BCUT2D eigenvalue weighted by Gasteiger charge is -2.36. The molecule has 5 rings (SSSR count). The number of para-hydroxylation sites is 1. The molecule has 0 N–H and O–H groups in total. The lowest BCUT2D eigenvalue weighted by atomic mass is 10.1. The zero-order valence-corrected chi connectivity index (χ0v) is 18.7. The predicted octanol–water partition coefficient (Wildman–Crippen LogP) is 4.31. The molecule has 0 saturated carbocycles. The molecule has 0 aliphatic carbocycles. The molecule has 0 spiro atoms. The summed E-state index contributed by atoms with van der Waals surface area (Å²) in [5.74, 6) is 0.0553. The minimum Gasteiger partial charge on any atom is -0.368 e. The molecular formula is C26H27N5O. The average molecular weight is 426 g/mol. The van der Waals surface area contributed by atoms with Crippen molar-refractivity contribution in [3.05, 3.63) is 83.2 Å². The molecule has 4 aromatic rings. The van der Waals surface area contributed by atoms with E-state index >= 15 is 0 Å². The van der Waals surface area contributed by atoms with Gasteiger partial charge in [-0.1, -0.05) is 35.9 Å². The minimum absolute atomic E-state index is 0.0553. The molecule has 1 amide bonds. The van der Waals surface area contributed by atoms with E-state index in [0.29, 0.717) is 18.7 Å². The molecule has 1 aliphatic heterocycles. The van der Waals surface area contributed by atoms with Crippen molar-refractivity contribution >= 4 is 22.6 Å². The molecule has 0 radical (unpaired) electrons. The van der Waals surface area contributed by atoms with Crippen LogP contribution in [0, 0.1) is 20.8 Å². The summed E-state index contributed by atoms with van der Waals surface area (Å²) in [6, 6.07) is 20.5. The predicted molar refractivity (Wildman–Crippen MR) is 128 cm³/mol. The number of carbonyl (C=O) groups is 1. The van der Waals surface area contributed by atoms with Crippen LogP contribution in [0.5, 0.6) is 0 Å². The van der Waals surface area contributed by atoms with E-state index in [9.17, 15) is 4.79 Å². The first kappa shape index (κ1) is 20.2. The van der Waals surface area contributed by atoms with Crippen LogP contribution in [0.1, 0.15) is 27.3 Å². The van der Waals surface area contributed by atoms with E-state index in [1.54, 1.807) is 0 Å². The Bertz CT molecular complexity index is 1270. The number of aryl methyl sites for hydroxylation is 3. The summed E-state index contributed by atoms with van der Waals surface area (Å²) in [6.07, 6.45) is 0. The maximum absolute atomic E-state index is 13.6. The lowest BCUT2D eigenvalue weighted by Crippen LogP contribution is -2.48. The van der Waals surface area contributed by atoms with E-state index in [-0.39, 0.29) is 5.91 Å². The van der Waals surface area contributed by atoms with Crippen LogP contribution in [0.15, 0.2) is 60.7 Å². The maximum atomic E-state index is 13.6. The standard InChI is InChI=1S/C26H27N5O/c1-18-9-11-22(12-10-18)31-25-24(20(3)28-31)23(17-19(2)27-25)26(32)30-15-13-29(14-16-30)21-7-5-4-6-8-21/h4-12,17H,13-16H2,1-3H3. The molecule has 32 heavy (non-hydrogen) atoms. The molecule has 0 bridgehead atoms. The van der Waals surface area contributed by atoms with Crippen LogP contribution in [-0.4, -0.2) is 51.8 Å². The SMILES string of the molecule is Cc1ccc(-n2nc(C)c3c(C(=O)N4CCN(c5ccccc5)CC4)cc(C)nc32)cc1. The Morgan fingerprint density at radius 1 is 0.844 bits per heavy atom. The van der Waals surface area contributed by atoms with Gasteiger partial charge in [-0.25, -0.2) is 9.67 Å². The number of hydrogen-bond acceptors (Lipinski definition) is 4. The van der Waals surface area contributed by atoms with Crippen LogP contribution in [0.25, 0.3) is 16.7 Å². The van der Waals surface area contributed by atoms with Gasteiger partial charge in [0, 0.05) is 37.6 Å². The highest BCUT2D eigenvalue weighted by molar-refractivity contribution is 6.06. The van der Waals surface area contributed by atoms with Gasteiger partial charge < -0.3 is 9.80 Å². The molecule has 2 aromatic carbocycles. The molecule has 1 saturated heterocycles. The monoisotopic (exact) mass is 425 g/mol. The third kappa shape index (κ3) is 3.62. The van der Waals surface area contributed by atoms with Crippen LogP contribution in [-0.2, 0) is 0 Å². The number of amides is 1. The highest BCUT2D eigenvalue weighted by Gasteiger charge is 2.26. The number of nitrogens with zero attached hydrogens (tertiary/aromatic N) is 5. The highest BCUT2D eigenvalue weighted by atomic mass is 16.2. The second-order valence-corrected chi connectivity index (χ2v) is 8.46. The summed E-state index contributed by atoms with van der Waals surface area (Å²) < 4.78 is 1.85. The number of carbonyl (C=O) groups excluding carboxylic acids is 1. The van der Waals surface area contributed by atoms with Crippen molar-refractivity contribution in [3.8, 4) is 5.69 Å². The van der Waals surface area contributed by atoms with Crippen LogP contribution in [0.4, 0.5) is 5.69 Å². The molecular weight excluding hydrogens is 398 g/mol. The van der Waals surface area contributed by atoms with E-state index in [1.807, 2.05) is 47.7 Å². The molecule has 0 unspecified atom stereocenters. The van der Waals surface area contributed by atoms with Crippen molar-refractivity contribution in [1.82, 2.24) is 19.7 Å². The van der Waals surface area contributed by atoms with Crippen molar-refractivity contribution in [1.29, 1.82) is 0 Å². The molecule has 1 fully saturated rings. The third-order valence-electron chi connectivity index (χ3n) is 6.14. The number of aromatic nitrogens is 3. The van der Waals surface area contributed by atoms with Crippen LogP contribution >= 0.6 is 0 Å². The lowest BCUT2D eigenvalue weighted by molar-refractivity contribution is 0.0748. The zero-order valence-electron chi connectivity index (χ0n) is 18.7. The number of pyridine rings is 1. The first-order valence-corrected chi connectivity index (χ1v) is 11.0. The van der Waals surface area contributed by atoms with E-state index in [0.717, 1.165) is 41.2 Å². The minimum atomic E-state index is 0.0553. The van der Waals surface area contributed by atoms with E-state index in [1.165, 1.54) is 11.3 Å². The summed E-state index contributed by atoms with van der Waals surface area (Å²) in [5.41, 5.74) is 6.40. The molecule has 3 heterocycles. The normalized spacial score (nSPS) is 14.2. The number of benzene rings is 2. The Hall–Kier alpha value is -3.67. The fourth-order valence-electron chi connectivity index (χ4n) is 4.43. The topological polar surface area (TPSA) is 54.3 Å². The summed E-state index contributed by atoms with van der Waals surface area (Å²) in [5, 5.41) is 5.59. The van der Waals surface area contributed by atoms with Crippen molar-refractivity contribution in [3.63, 3.8) is 0 Å². The average Bonchev–Trinajstić information content (AvgIpc) is 3.15. The molecule has 1 aliphatic rings. The fraction of sp³-hybridized carbons (Fsp3) is 0.269. The van der Waals surface area contributed by atoms with Crippen molar-refractivity contribution < 1.29 is 4.79 Å². The van der Waals surface area contributed by atoms with Gasteiger partial charge in [0.1, 0.15) is 0 Å². The van der Waals surface area contributed by atoms with Gasteiger partial charge in [-0.3, -0.25) is 4.79 Å². The van der Waals surface area contributed by atoms with Gasteiger partial charge in [0.05, 0.1) is 22.3 Å². The molecule has 162 valence electrons. The largest absolute Gasteiger partial charge is 0.368 e. The molecule has 2 aromatic heterocycles. The van der Waals surface area contributed by atoms with Crippen LogP contribution in [0.3, 0.4) is 0 Å². The second-order valence-electron chi connectivity index (χ2n) is 8.46. The summed E-state index contributed by atoms with van der Waals surface area (Å²) >= 11 is 0. The number of piperazine rings is 1. The second kappa shape index (κ2) is 8.11. The van der Waals surface area contributed by atoms with Crippen LogP contribution < -0.4 is 4.90 Å². The Labute approximate surface area is 188 Å². The Kier molecular flexibility index (Phi) is 5.13. The van der Waals surface area contributed by atoms with Gasteiger partial charge in [0.2, 0.25) is 0 Å². The number of rotatable bonds is 3. The van der Waals surface area contributed by atoms with Crippen molar-refractivity contribution in [2.75, 3.05) is 31.1 Å². The summed E-state index contributed by atoms with van der Waals surface area (Å²) in [4.78, 5) is 22.6. The van der Waals surface area contributed by atoms with E-state index < -0.39 is 0 Å². The summed E-state index contributed by atoms with van der Waals surface area (Å²) in [6.45, 7) is 8.99. The van der Waals surface area contributed by atoms with Gasteiger partial charge in [-0.05, 0) is 51.1 Å². The fourth-order valence-corrected chi connectivity index (χ4v) is 4.43. The first-order valence-electron chi connectivity index (χ1n) is 11.0. The molecule has 0 atom stereocenters. The number of anilines is 1. The quantitative estimate of drug-likeness (QED) is 0.491. The van der Waals surface area contributed by atoms with Crippen molar-refractivity contribution in [2.24, 2.45) is 0 Å². The maximum Gasteiger partial charge on any atom is 0.254 e.